The standard InChI is InChI=1S/C32H45NO2/c1-9-32-14-12-27(2,3)18-21(32)25-22(34)16-24-29(6)17-20-19-33-35-26(20)28(4,5)23(29)10-11-30(24,7)31(25,8)13-15-32/h1,19,21,23-25H,10-18H2,2-8H3/t21-,23-,24+,25-,29-,30+,31+,32+/m0/s1. The quantitative estimate of drug-likeness (QED) is 0.368. The van der Waals surface area contributed by atoms with Crippen LogP contribution in [0.4, 0.5) is 0 Å². The molecular formula is C32H45NO2. The lowest BCUT2D eigenvalue weighted by Crippen LogP contribution is -2.69. The molecule has 3 nitrogen and oxygen atoms in total. The average molecular weight is 476 g/mol. The zero-order valence-corrected chi connectivity index (χ0v) is 23.1. The minimum absolute atomic E-state index is 0.0124. The van der Waals surface area contributed by atoms with Gasteiger partial charge in [0, 0.05) is 28.7 Å². The van der Waals surface area contributed by atoms with Crippen LogP contribution in [0.1, 0.15) is 111 Å². The minimum Gasteiger partial charge on any atom is -0.361 e. The maximum atomic E-state index is 14.4. The second kappa shape index (κ2) is 6.85. The third kappa shape index (κ3) is 2.76. The summed E-state index contributed by atoms with van der Waals surface area (Å²) in [5, 5.41) is 4.22. The van der Waals surface area contributed by atoms with E-state index in [0.29, 0.717) is 23.5 Å². The number of carbonyl (C=O) groups is 1. The maximum Gasteiger partial charge on any atom is 0.145 e. The molecule has 4 fully saturated rings. The molecule has 190 valence electrons. The van der Waals surface area contributed by atoms with Crippen molar-refractivity contribution >= 4 is 5.78 Å². The fourth-order valence-corrected chi connectivity index (χ4v) is 11.2. The highest BCUT2D eigenvalue weighted by Gasteiger charge is 2.72. The molecule has 0 bridgehead atoms. The predicted octanol–water partition coefficient (Wildman–Crippen LogP) is 7.38. The first-order valence-electron chi connectivity index (χ1n) is 14.2. The Bertz CT molecular complexity index is 1120. The molecular weight excluding hydrogens is 430 g/mol. The van der Waals surface area contributed by atoms with Gasteiger partial charge in [0.15, 0.2) is 0 Å². The summed E-state index contributed by atoms with van der Waals surface area (Å²) < 4.78 is 5.82. The topological polar surface area (TPSA) is 43.1 Å². The van der Waals surface area contributed by atoms with Gasteiger partial charge in [0.05, 0.1) is 6.20 Å². The third-order valence-corrected chi connectivity index (χ3v) is 13.2. The van der Waals surface area contributed by atoms with Crippen LogP contribution in [0.5, 0.6) is 0 Å². The van der Waals surface area contributed by atoms with Crippen LogP contribution in [-0.2, 0) is 16.6 Å². The van der Waals surface area contributed by atoms with Gasteiger partial charge in [-0.05, 0) is 90.8 Å². The number of carbonyl (C=O) groups excluding carboxylic acids is 1. The molecule has 1 heterocycles. The minimum atomic E-state index is -0.0795. The molecule has 3 heteroatoms. The van der Waals surface area contributed by atoms with E-state index in [1.54, 1.807) is 0 Å². The molecule has 0 radical (unpaired) electrons. The van der Waals surface area contributed by atoms with Crippen LogP contribution in [0.25, 0.3) is 0 Å². The number of ketones is 1. The molecule has 6 rings (SSSR count). The van der Waals surface area contributed by atoms with Crippen LogP contribution < -0.4 is 0 Å². The van der Waals surface area contributed by atoms with E-state index in [4.69, 9.17) is 10.9 Å². The van der Waals surface area contributed by atoms with Crippen LogP contribution in [0.3, 0.4) is 0 Å². The second-order valence-electron chi connectivity index (χ2n) is 15.5. The number of hydrogen-bond donors (Lipinski definition) is 0. The van der Waals surface area contributed by atoms with Crippen LogP contribution in [0, 0.1) is 63.1 Å². The van der Waals surface area contributed by atoms with E-state index in [1.807, 2.05) is 6.20 Å². The summed E-state index contributed by atoms with van der Waals surface area (Å²) in [6, 6.07) is 0. The first kappa shape index (κ1) is 23.8. The fourth-order valence-electron chi connectivity index (χ4n) is 11.2. The van der Waals surface area contributed by atoms with Crippen LogP contribution in [-0.4, -0.2) is 10.9 Å². The SMILES string of the molecule is C#C[C@]12CCC(C)(C)C[C@H]1[C@H]1C(=O)C[C@@H]3[C@@]4(C)Cc5cnoc5C(C)(C)[C@@H]4CC[C@@]3(C)[C@]1(C)CC2. The number of Topliss-reactive ketones (excluding diaryl/α,β-unsaturated/α-hetero) is 1. The molecule has 5 aliphatic carbocycles. The highest BCUT2D eigenvalue weighted by Crippen LogP contribution is 2.75. The number of nitrogens with zero attached hydrogens (tertiary/aromatic N) is 1. The van der Waals surface area contributed by atoms with Crippen LogP contribution in [0.2, 0.25) is 0 Å². The Hall–Kier alpha value is -1.56. The van der Waals surface area contributed by atoms with Crippen molar-refractivity contribution in [3.05, 3.63) is 17.5 Å². The number of aromatic nitrogens is 1. The summed E-state index contributed by atoms with van der Waals surface area (Å²) in [5.41, 5.74) is 1.63. The number of fused-ring (bicyclic) bond motifs is 8. The Labute approximate surface area is 212 Å². The lowest BCUT2D eigenvalue weighted by atomic mass is 9.31. The highest BCUT2D eigenvalue weighted by molar-refractivity contribution is 5.84. The Balaban J connectivity index is 1.46. The van der Waals surface area contributed by atoms with E-state index in [9.17, 15) is 4.79 Å². The summed E-state index contributed by atoms with van der Waals surface area (Å²) in [7, 11) is 0. The van der Waals surface area contributed by atoms with Gasteiger partial charge < -0.3 is 4.52 Å². The second-order valence-corrected chi connectivity index (χ2v) is 15.5. The summed E-state index contributed by atoms with van der Waals surface area (Å²) in [5.74, 6) is 6.25. The lowest BCUT2D eigenvalue weighted by molar-refractivity contribution is -0.222. The summed E-state index contributed by atoms with van der Waals surface area (Å²) in [4.78, 5) is 14.4. The van der Waals surface area contributed by atoms with Crippen molar-refractivity contribution in [2.24, 2.45) is 50.7 Å². The van der Waals surface area contributed by atoms with Gasteiger partial charge in [-0.2, -0.15) is 0 Å². The number of rotatable bonds is 0. The first-order chi connectivity index (χ1) is 16.2. The van der Waals surface area contributed by atoms with E-state index in [2.05, 4.69) is 59.5 Å². The summed E-state index contributed by atoms with van der Waals surface area (Å²) in [6.07, 6.45) is 17.9. The molecule has 0 spiro atoms. The van der Waals surface area contributed by atoms with Crippen molar-refractivity contribution in [3.8, 4) is 12.3 Å². The molecule has 1 aromatic rings. The van der Waals surface area contributed by atoms with Crippen molar-refractivity contribution in [2.75, 3.05) is 0 Å². The molecule has 8 atom stereocenters. The molecule has 35 heavy (non-hydrogen) atoms. The van der Waals surface area contributed by atoms with Crippen LogP contribution in [0.15, 0.2) is 10.7 Å². The molecule has 4 saturated carbocycles. The first-order valence-corrected chi connectivity index (χ1v) is 14.2. The Morgan fingerprint density at radius 3 is 2.40 bits per heavy atom. The molecule has 0 N–H and O–H groups in total. The molecule has 5 aliphatic rings. The van der Waals surface area contributed by atoms with Crippen molar-refractivity contribution in [3.63, 3.8) is 0 Å². The van der Waals surface area contributed by atoms with E-state index < -0.39 is 0 Å². The molecule has 0 aromatic carbocycles. The largest absolute Gasteiger partial charge is 0.361 e. The predicted molar refractivity (Wildman–Crippen MR) is 139 cm³/mol. The van der Waals surface area contributed by atoms with Crippen LogP contribution >= 0.6 is 0 Å². The van der Waals surface area contributed by atoms with E-state index in [1.165, 1.54) is 24.8 Å². The van der Waals surface area contributed by atoms with Gasteiger partial charge in [-0.3, -0.25) is 4.79 Å². The van der Waals surface area contributed by atoms with Crippen molar-refractivity contribution in [1.82, 2.24) is 5.16 Å². The van der Waals surface area contributed by atoms with Crippen molar-refractivity contribution in [1.29, 1.82) is 0 Å². The van der Waals surface area contributed by atoms with Crippen molar-refractivity contribution in [2.45, 2.75) is 112 Å². The zero-order valence-electron chi connectivity index (χ0n) is 23.1. The van der Waals surface area contributed by atoms with Gasteiger partial charge >= 0.3 is 0 Å². The van der Waals surface area contributed by atoms with Crippen molar-refractivity contribution < 1.29 is 9.32 Å². The molecule has 0 aliphatic heterocycles. The fraction of sp³-hybridized carbons (Fsp3) is 0.812. The van der Waals surface area contributed by atoms with Gasteiger partial charge in [-0.1, -0.05) is 59.5 Å². The molecule has 0 saturated heterocycles. The third-order valence-electron chi connectivity index (χ3n) is 13.2. The summed E-state index contributed by atoms with van der Waals surface area (Å²) in [6.45, 7) is 17.1. The molecule has 1 aromatic heterocycles. The lowest BCUT2D eigenvalue weighted by Gasteiger charge is -2.72. The van der Waals surface area contributed by atoms with E-state index in [-0.39, 0.29) is 38.4 Å². The van der Waals surface area contributed by atoms with Gasteiger partial charge in [0.25, 0.3) is 0 Å². The maximum absolute atomic E-state index is 14.4. The summed E-state index contributed by atoms with van der Waals surface area (Å²) >= 11 is 0. The normalized spacial score (nSPS) is 49.5. The molecule has 0 unspecified atom stereocenters. The monoisotopic (exact) mass is 475 g/mol. The zero-order chi connectivity index (χ0) is 25.2. The molecule has 0 amide bonds. The van der Waals surface area contributed by atoms with Gasteiger partial charge in [-0.25, -0.2) is 0 Å². The Morgan fingerprint density at radius 1 is 0.971 bits per heavy atom. The average Bonchev–Trinajstić information content (AvgIpc) is 3.24. The van der Waals surface area contributed by atoms with Gasteiger partial charge in [0.1, 0.15) is 11.5 Å². The van der Waals surface area contributed by atoms with E-state index >= 15 is 0 Å². The Kier molecular flexibility index (Phi) is 4.66. The van der Waals surface area contributed by atoms with E-state index in [0.717, 1.165) is 44.3 Å². The number of terminal acetylenes is 1. The smallest absolute Gasteiger partial charge is 0.145 e. The highest BCUT2D eigenvalue weighted by atomic mass is 16.5. The van der Waals surface area contributed by atoms with Gasteiger partial charge in [-0.15, -0.1) is 6.42 Å². The number of hydrogen-bond acceptors (Lipinski definition) is 3. The van der Waals surface area contributed by atoms with Gasteiger partial charge in [0.2, 0.25) is 0 Å². The Morgan fingerprint density at radius 2 is 1.69 bits per heavy atom.